The van der Waals surface area contributed by atoms with Gasteiger partial charge in [-0.2, -0.15) is 0 Å². The standard InChI is InChI=1S/C17H18N6OS/c24-16(13-2-6-21-25-13)23-8-7-22(9-17(10-23)3-4-17)15-12-1-5-18-14(12)19-11-20-15/h1-2,5-6,11H,3-4,7-10H2,(H,18,19,20). The highest BCUT2D eigenvalue weighted by Gasteiger charge is 2.48. The third kappa shape index (κ3) is 2.57. The van der Waals surface area contributed by atoms with Gasteiger partial charge in [0.25, 0.3) is 5.91 Å². The molecule has 1 amide bonds. The van der Waals surface area contributed by atoms with E-state index >= 15 is 0 Å². The van der Waals surface area contributed by atoms with Crippen molar-refractivity contribution in [3.8, 4) is 0 Å². The lowest BCUT2D eigenvalue weighted by Crippen LogP contribution is -2.36. The highest BCUT2D eigenvalue weighted by molar-refractivity contribution is 7.08. The van der Waals surface area contributed by atoms with Crippen LogP contribution in [0.3, 0.4) is 0 Å². The number of carbonyl (C=O) groups excluding carboxylic acids is 1. The van der Waals surface area contributed by atoms with Gasteiger partial charge in [-0.15, -0.1) is 0 Å². The van der Waals surface area contributed by atoms with Crippen LogP contribution >= 0.6 is 11.5 Å². The average molecular weight is 354 g/mol. The van der Waals surface area contributed by atoms with Gasteiger partial charge in [0.15, 0.2) is 0 Å². The van der Waals surface area contributed by atoms with Crippen molar-refractivity contribution in [3.05, 3.63) is 35.7 Å². The SMILES string of the molecule is O=C(c1ccns1)N1CCN(c2ncnc3[nH]ccc23)CC2(CC2)C1. The number of rotatable bonds is 2. The molecule has 3 aromatic rings. The van der Waals surface area contributed by atoms with Crippen LogP contribution < -0.4 is 4.90 Å². The predicted molar refractivity (Wildman–Crippen MR) is 95.8 cm³/mol. The van der Waals surface area contributed by atoms with Crippen molar-refractivity contribution < 1.29 is 4.79 Å². The van der Waals surface area contributed by atoms with Gasteiger partial charge in [0, 0.05) is 44.0 Å². The third-order valence-corrected chi connectivity index (χ3v) is 5.95. The Morgan fingerprint density at radius 3 is 2.92 bits per heavy atom. The number of H-pyrrole nitrogens is 1. The zero-order valence-electron chi connectivity index (χ0n) is 13.7. The van der Waals surface area contributed by atoms with Gasteiger partial charge in [-0.25, -0.2) is 14.3 Å². The van der Waals surface area contributed by atoms with E-state index in [1.807, 2.05) is 23.2 Å². The fourth-order valence-electron chi connectivity index (χ4n) is 3.70. The van der Waals surface area contributed by atoms with Gasteiger partial charge >= 0.3 is 0 Å². The van der Waals surface area contributed by atoms with Crippen LogP contribution in [0.4, 0.5) is 5.82 Å². The molecule has 1 N–H and O–H groups in total. The van der Waals surface area contributed by atoms with E-state index in [4.69, 9.17) is 0 Å². The van der Waals surface area contributed by atoms with Crippen LogP contribution in [0.25, 0.3) is 11.0 Å². The van der Waals surface area contributed by atoms with E-state index < -0.39 is 0 Å². The Labute approximate surface area is 148 Å². The molecule has 25 heavy (non-hydrogen) atoms. The minimum absolute atomic E-state index is 0.102. The molecule has 0 bridgehead atoms. The van der Waals surface area contributed by atoms with Gasteiger partial charge in [-0.3, -0.25) is 4.79 Å². The molecule has 7 nitrogen and oxygen atoms in total. The lowest BCUT2D eigenvalue weighted by Gasteiger charge is -2.25. The quantitative estimate of drug-likeness (QED) is 0.763. The molecule has 128 valence electrons. The molecule has 3 aromatic heterocycles. The summed E-state index contributed by atoms with van der Waals surface area (Å²) in [6, 6.07) is 3.83. The summed E-state index contributed by atoms with van der Waals surface area (Å²) in [6.45, 7) is 3.25. The van der Waals surface area contributed by atoms with Gasteiger partial charge in [-0.05, 0) is 36.5 Å². The molecule has 2 aliphatic rings. The molecule has 4 heterocycles. The number of nitrogens with zero attached hydrogens (tertiary/aromatic N) is 5. The number of carbonyl (C=O) groups is 1. The van der Waals surface area contributed by atoms with Crippen molar-refractivity contribution in [2.45, 2.75) is 12.8 Å². The molecular weight excluding hydrogens is 336 g/mol. The Morgan fingerprint density at radius 2 is 2.12 bits per heavy atom. The summed E-state index contributed by atoms with van der Waals surface area (Å²) in [7, 11) is 0. The van der Waals surface area contributed by atoms with Crippen molar-refractivity contribution in [1.82, 2.24) is 24.2 Å². The number of hydrogen-bond donors (Lipinski definition) is 1. The van der Waals surface area contributed by atoms with Crippen LogP contribution in [0.1, 0.15) is 22.5 Å². The zero-order chi connectivity index (χ0) is 16.9. The fourth-order valence-corrected chi connectivity index (χ4v) is 4.26. The van der Waals surface area contributed by atoms with Crippen molar-refractivity contribution in [2.24, 2.45) is 5.41 Å². The maximum atomic E-state index is 12.8. The van der Waals surface area contributed by atoms with Gasteiger partial charge in [-0.1, -0.05) is 0 Å². The summed E-state index contributed by atoms with van der Waals surface area (Å²) in [4.78, 5) is 29.8. The molecule has 1 aliphatic carbocycles. The number of hydrogen-bond acceptors (Lipinski definition) is 6. The second-order valence-corrected chi connectivity index (χ2v) is 7.80. The fraction of sp³-hybridized carbons (Fsp3) is 0.412. The summed E-state index contributed by atoms with van der Waals surface area (Å²) in [5, 5.41) is 1.04. The highest BCUT2D eigenvalue weighted by atomic mass is 32.1. The molecule has 1 saturated heterocycles. The molecule has 5 rings (SSSR count). The van der Waals surface area contributed by atoms with E-state index in [0.29, 0.717) is 6.54 Å². The topological polar surface area (TPSA) is 78.0 Å². The normalized spacial score (nSPS) is 19.4. The lowest BCUT2D eigenvalue weighted by molar-refractivity contribution is 0.0745. The second-order valence-electron chi connectivity index (χ2n) is 6.96. The predicted octanol–water partition coefficient (Wildman–Crippen LogP) is 2.16. The van der Waals surface area contributed by atoms with Crippen molar-refractivity contribution in [2.75, 3.05) is 31.1 Å². The Hall–Kier alpha value is -2.48. The van der Waals surface area contributed by atoms with Crippen molar-refractivity contribution >= 4 is 34.3 Å². The molecule has 2 fully saturated rings. The molecule has 1 aliphatic heterocycles. The average Bonchev–Trinajstić information content (AvgIpc) is 3.03. The maximum Gasteiger partial charge on any atom is 0.265 e. The minimum Gasteiger partial charge on any atom is -0.354 e. The van der Waals surface area contributed by atoms with Crippen LogP contribution in [0, 0.1) is 5.41 Å². The van der Waals surface area contributed by atoms with Crippen LogP contribution in [-0.4, -0.2) is 56.3 Å². The summed E-state index contributed by atoms with van der Waals surface area (Å²) in [5.74, 6) is 1.06. The minimum atomic E-state index is 0.102. The summed E-state index contributed by atoms with van der Waals surface area (Å²) >= 11 is 1.27. The zero-order valence-corrected chi connectivity index (χ0v) is 14.5. The van der Waals surface area contributed by atoms with E-state index in [0.717, 1.165) is 54.2 Å². The smallest absolute Gasteiger partial charge is 0.265 e. The van der Waals surface area contributed by atoms with Gasteiger partial charge < -0.3 is 14.8 Å². The van der Waals surface area contributed by atoms with Crippen LogP contribution in [-0.2, 0) is 0 Å². The molecule has 1 spiro atoms. The number of fused-ring (bicyclic) bond motifs is 1. The number of nitrogens with one attached hydrogen (secondary N) is 1. The first kappa shape index (κ1) is 14.8. The molecule has 1 saturated carbocycles. The van der Waals surface area contributed by atoms with Crippen LogP contribution in [0.2, 0.25) is 0 Å². The molecular formula is C17H18N6OS. The lowest BCUT2D eigenvalue weighted by atomic mass is 10.1. The third-order valence-electron chi connectivity index (χ3n) is 5.22. The van der Waals surface area contributed by atoms with Crippen molar-refractivity contribution in [1.29, 1.82) is 0 Å². The number of aromatic amines is 1. The summed E-state index contributed by atoms with van der Waals surface area (Å²) in [6.07, 6.45) is 7.53. The van der Waals surface area contributed by atoms with E-state index in [9.17, 15) is 4.79 Å². The Balaban J connectivity index is 1.45. The second kappa shape index (κ2) is 5.52. The molecule has 0 aromatic carbocycles. The van der Waals surface area contributed by atoms with E-state index in [-0.39, 0.29) is 11.3 Å². The Morgan fingerprint density at radius 1 is 1.20 bits per heavy atom. The molecule has 8 heteroatoms. The highest BCUT2D eigenvalue weighted by Crippen LogP contribution is 2.48. The monoisotopic (exact) mass is 354 g/mol. The van der Waals surface area contributed by atoms with E-state index in [2.05, 4.69) is 24.2 Å². The summed E-state index contributed by atoms with van der Waals surface area (Å²) in [5.41, 5.74) is 1.06. The molecule has 0 radical (unpaired) electrons. The first-order chi connectivity index (χ1) is 12.2. The largest absolute Gasteiger partial charge is 0.354 e. The van der Waals surface area contributed by atoms with Crippen molar-refractivity contribution in [3.63, 3.8) is 0 Å². The van der Waals surface area contributed by atoms with Gasteiger partial charge in [0.2, 0.25) is 0 Å². The number of anilines is 1. The van der Waals surface area contributed by atoms with Gasteiger partial charge in [0.05, 0.1) is 5.39 Å². The van der Waals surface area contributed by atoms with Crippen LogP contribution in [0.5, 0.6) is 0 Å². The van der Waals surface area contributed by atoms with Crippen LogP contribution in [0.15, 0.2) is 30.9 Å². The number of aromatic nitrogens is 4. The maximum absolute atomic E-state index is 12.8. The van der Waals surface area contributed by atoms with Gasteiger partial charge in [0.1, 0.15) is 22.7 Å². The Bertz CT molecular complexity index is 916. The number of amides is 1. The van der Waals surface area contributed by atoms with E-state index in [1.54, 1.807) is 12.5 Å². The Kier molecular flexibility index (Phi) is 3.27. The molecule has 0 unspecified atom stereocenters. The first-order valence-corrected chi connectivity index (χ1v) is 9.25. The van der Waals surface area contributed by atoms with E-state index in [1.165, 1.54) is 11.5 Å². The summed E-state index contributed by atoms with van der Waals surface area (Å²) < 4.78 is 4.07. The first-order valence-electron chi connectivity index (χ1n) is 8.47. The molecule has 0 atom stereocenters.